The number of amides is 2. The quantitative estimate of drug-likeness (QED) is 0.539. The number of primary amides is 2. The number of aryl methyl sites for hydroxylation is 1. The number of nitrogens with two attached hydrogens (primary N) is 2. The van der Waals surface area contributed by atoms with Gasteiger partial charge in [0, 0.05) is 5.69 Å². The second-order valence-corrected chi connectivity index (χ2v) is 8.23. The van der Waals surface area contributed by atoms with Crippen LogP contribution >= 0.6 is 11.5 Å². The number of carbonyl (C=O) groups excluding carboxylic acids is 2. The minimum atomic E-state index is -0.524. The summed E-state index contributed by atoms with van der Waals surface area (Å²) in [7, 11) is 0. The Labute approximate surface area is 169 Å². The van der Waals surface area contributed by atoms with Crippen LogP contribution in [0.15, 0.2) is 24.3 Å². The first-order chi connectivity index (χ1) is 13.4. The molecule has 1 fully saturated rings. The van der Waals surface area contributed by atoms with Crippen LogP contribution in [-0.2, 0) is 4.79 Å². The number of anilines is 3. The van der Waals surface area contributed by atoms with E-state index in [1.54, 1.807) is 18.2 Å². The lowest BCUT2D eigenvalue weighted by molar-refractivity contribution is -0.119. The van der Waals surface area contributed by atoms with Crippen molar-refractivity contribution in [1.82, 2.24) is 4.37 Å². The first-order valence-corrected chi connectivity index (χ1v) is 10.4. The fourth-order valence-electron chi connectivity index (χ4n) is 3.71. The second-order valence-electron chi connectivity index (χ2n) is 7.42. The number of hydrogen-bond donors (Lipinski definition) is 4. The van der Waals surface area contributed by atoms with E-state index in [1.165, 1.54) is 30.8 Å². The molecule has 1 atom stereocenters. The summed E-state index contributed by atoms with van der Waals surface area (Å²) in [6, 6.07) is 6.64. The first kappa shape index (κ1) is 20.1. The van der Waals surface area contributed by atoms with Crippen molar-refractivity contribution in [2.24, 2.45) is 17.4 Å². The Kier molecular flexibility index (Phi) is 6.51. The molecule has 1 aromatic carbocycles. The van der Waals surface area contributed by atoms with Gasteiger partial charge in [-0.3, -0.25) is 9.59 Å². The van der Waals surface area contributed by atoms with Crippen molar-refractivity contribution >= 4 is 39.7 Å². The molecule has 0 bridgehead atoms. The van der Waals surface area contributed by atoms with Crippen molar-refractivity contribution in [3.05, 3.63) is 35.5 Å². The zero-order chi connectivity index (χ0) is 20.1. The molecular weight excluding hydrogens is 374 g/mol. The van der Waals surface area contributed by atoms with Crippen LogP contribution in [-0.4, -0.2) is 22.2 Å². The number of nitrogens with one attached hydrogen (secondary N) is 2. The van der Waals surface area contributed by atoms with E-state index >= 15 is 0 Å². The monoisotopic (exact) mass is 401 g/mol. The molecule has 1 aliphatic carbocycles. The average Bonchev–Trinajstić information content (AvgIpc) is 3.06. The zero-order valence-corrected chi connectivity index (χ0v) is 16.8. The molecule has 28 heavy (non-hydrogen) atoms. The number of aromatic nitrogens is 1. The van der Waals surface area contributed by atoms with E-state index in [2.05, 4.69) is 15.0 Å². The highest BCUT2D eigenvalue weighted by Crippen LogP contribution is 2.30. The van der Waals surface area contributed by atoms with Gasteiger partial charge in [0.05, 0.1) is 16.9 Å². The molecule has 1 heterocycles. The molecular formula is C20H27N5O2S. The Morgan fingerprint density at radius 2 is 1.96 bits per heavy atom. The fraction of sp³-hybridized carbons (Fsp3) is 0.450. The largest absolute Gasteiger partial charge is 0.374 e. The highest BCUT2D eigenvalue weighted by molar-refractivity contribution is 7.10. The molecule has 1 saturated carbocycles. The van der Waals surface area contributed by atoms with Gasteiger partial charge >= 0.3 is 0 Å². The predicted molar refractivity (Wildman–Crippen MR) is 113 cm³/mol. The Morgan fingerprint density at radius 3 is 2.57 bits per heavy atom. The van der Waals surface area contributed by atoms with Crippen molar-refractivity contribution in [3.63, 3.8) is 0 Å². The highest BCUT2D eigenvalue weighted by atomic mass is 32.1. The van der Waals surface area contributed by atoms with Crippen LogP contribution in [0.2, 0.25) is 0 Å². The van der Waals surface area contributed by atoms with Crippen molar-refractivity contribution in [2.45, 2.75) is 51.5 Å². The summed E-state index contributed by atoms with van der Waals surface area (Å²) in [5.74, 6) is -0.373. The Morgan fingerprint density at radius 1 is 1.21 bits per heavy atom. The molecule has 6 N–H and O–H groups in total. The summed E-state index contributed by atoms with van der Waals surface area (Å²) < 4.78 is 4.23. The number of hydrogen-bond acceptors (Lipinski definition) is 6. The topological polar surface area (TPSA) is 123 Å². The lowest BCUT2D eigenvalue weighted by Gasteiger charge is -2.26. The molecule has 150 valence electrons. The Hall–Kier alpha value is -2.61. The summed E-state index contributed by atoms with van der Waals surface area (Å²) in [5, 5.41) is 7.25. The normalized spacial score (nSPS) is 15.8. The molecule has 1 unspecified atom stereocenters. The van der Waals surface area contributed by atoms with Gasteiger partial charge in [0.1, 0.15) is 11.0 Å². The maximum atomic E-state index is 12.0. The molecule has 1 aromatic heterocycles. The summed E-state index contributed by atoms with van der Waals surface area (Å²) in [6.07, 6.45) is 6.71. The van der Waals surface area contributed by atoms with Gasteiger partial charge in [0.2, 0.25) is 5.91 Å². The Balaban J connectivity index is 1.78. The molecule has 0 radical (unpaired) electrons. The molecule has 0 spiro atoms. The van der Waals surface area contributed by atoms with Crippen LogP contribution in [0.1, 0.15) is 54.6 Å². The second kappa shape index (κ2) is 9.05. The van der Waals surface area contributed by atoms with Crippen molar-refractivity contribution in [1.29, 1.82) is 0 Å². The zero-order valence-electron chi connectivity index (χ0n) is 16.0. The van der Waals surface area contributed by atoms with Gasteiger partial charge in [-0.2, -0.15) is 4.37 Å². The van der Waals surface area contributed by atoms with Crippen molar-refractivity contribution < 1.29 is 9.59 Å². The summed E-state index contributed by atoms with van der Waals surface area (Å²) in [5.41, 5.74) is 13.7. The molecule has 1 aliphatic rings. The van der Waals surface area contributed by atoms with Gasteiger partial charge in [0.25, 0.3) is 5.91 Å². The van der Waals surface area contributed by atoms with Crippen molar-refractivity contribution in [2.75, 3.05) is 10.6 Å². The minimum Gasteiger partial charge on any atom is -0.374 e. The molecule has 3 rings (SSSR count). The van der Waals surface area contributed by atoms with Gasteiger partial charge < -0.3 is 22.1 Å². The van der Waals surface area contributed by atoms with E-state index < -0.39 is 11.9 Å². The van der Waals surface area contributed by atoms with Crippen LogP contribution in [0.25, 0.3) is 0 Å². The van der Waals surface area contributed by atoms with E-state index in [0.29, 0.717) is 22.9 Å². The van der Waals surface area contributed by atoms with Gasteiger partial charge in [-0.1, -0.05) is 32.1 Å². The maximum absolute atomic E-state index is 12.0. The molecule has 0 aliphatic heterocycles. The van der Waals surface area contributed by atoms with E-state index in [1.807, 2.05) is 13.0 Å². The van der Waals surface area contributed by atoms with E-state index in [4.69, 9.17) is 11.5 Å². The molecule has 7 nitrogen and oxygen atoms in total. The van der Waals surface area contributed by atoms with Gasteiger partial charge in [-0.05, 0) is 55.1 Å². The lowest BCUT2D eigenvalue weighted by atomic mass is 9.84. The van der Waals surface area contributed by atoms with Crippen molar-refractivity contribution in [3.8, 4) is 0 Å². The average molecular weight is 402 g/mol. The number of nitrogens with zero attached hydrogens (tertiary/aromatic N) is 1. The van der Waals surface area contributed by atoms with Crippen LogP contribution in [0.4, 0.5) is 16.4 Å². The number of benzene rings is 1. The van der Waals surface area contributed by atoms with E-state index in [-0.39, 0.29) is 5.91 Å². The third-order valence-electron chi connectivity index (χ3n) is 5.15. The molecule has 0 saturated heterocycles. The minimum absolute atomic E-state index is 0.364. The molecule has 2 aromatic rings. The standard InChI is InChI=1S/C20H27N5O2S/c1-12-9-18(28-25-12)24-16-11-14(7-8-15(16)19(21)26)23-17(20(22)27)10-13-5-3-2-4-6-13/h7-9,11,13,17,23-24H,2-6,10H2,1H3,(H2,21,26)(H2,22,27). The van der Waals surface area contributed by atoms with Gasteiger partial charge in [-0.15, -0.1) is 0 Å². The lowest BCUT2D eigenvalue weighted by Crippen LogP contribution is -2.37. The Bertz CT molecular complexity index is 845. The van der Waals surface area contributed by atoms with E-state index in [0.717, 1.165) is 30.0 Å². The number of carbonyl (C=O) groups is 2. The van der Waals surface area contributed by atoms with Crippen LogP contribution < -0.4 is 22.1 Å². The number of rotatable bonds is 8. The predicted octanol–water partition coefficient (Wildman–Crippen LogP) is 3.53. The molecule has 8 heteroatoms. The SMILES string of the molecule is Cc1cc(Nc2cc(NC(CC3CCCCC3)C(N)=O)ccc2C(N)=O)sn1. The first-order valence-electron chi connectivity index (χ1n) is 9.62. The van der Waals surface area contributed by atoms with Crippen LogP contribution in [0, 0.1) is 12.8 Å². The van der Waals surface area contributed by atoms with Gasteiger partial charge in [0.15, 0.2) is 0 Å². The third kappa shape index (κ3) is 5.22. The van der Waals surface area contributed by atoms with E-state index in [9.17, 15) is 9.59 Å². The summed E-state index contributed by atoms with van der Waals surface area (Å²) in [4.78, 5) is 23.8. The summed E-state index contributed by atoms with van der Waals surface area (Å²) in [6.45, 7) is 1.90. The highest BCUT2D eigenvalue weighted by Gasteiger charge is 2.23. The fourth-order valence-corrected chi connectivity index (χ4v) is 4.39. The maximum Gasteiger partial charge on any atom is 0.250 e. The third-order valence-corrected chi connectivity index (χ3v) is 5.94. The van der Waals surface area contributed by atoms with Crippen LogP contribution in [0.5, 0.6) is 0 Å². The molecule has 2 amide bonds. The summed E-state index contributed by atoms with van der Waals surface area (Å²) >= 11 is 1.30. The smallest absolute Gasteiger partial charge is 0.250 e. The van der Waals surface area contributed by atoms with Crippen LogP contribution in [0.3, 0.4) is 0 Å². The van der Waals surface area contributed by atoms with Gasteiger partial charge in [-0.25, -0.2) is 0 Å².